The molecule has 1 saturated heterocycles. The number of likely N-dealkylation sites (tertiary alicyclic amines) is 1. The lowest BCUT2D eigenvalue weighted by Gasteiger charge is -2.32. The molecule has 1 aliphatic heterocycles. The van der Waals surface area contributed by atoms with Gasteiger partial charge in [0.1, 0.15) is 12.7 Å². The van der Waals surface area contributed by atoms with Crippen molar-refractivity contribution in [3.05, 3.63) is 53.1 Å². The summed E-state index contributed by atoms with van der Waals surface area (Å²) in [7, 11) is 0. The monoisotopic (exact) mass is 366 g/mol. The summed E-state index contributed by atoms with van der Waals surface area (Å²) in [5.41, 5.74) is 1.60. The lowest BCUT2D eigenvalue weighted by molar-refractivity contribution is -0.132. The topological polar surface area (TPSA) is 85.9 Å². The number of aromatic nitrogens is 5. The minimum absolute atomic E-state index is 0.0725. The Morgan fingerprint density at radius 2 is 2.04 bits per heavy atom. The van der Waals surface area contributed by atoms with Gasteiger partial charge in [0, 0.05) is 26.1 Å². The van der Waals surface area contributed by atoms with Crippen LogP contribution in [-0.2, 0) is 11.3 Å². The summed E-state index contributed by atoms with van der Waals surface area (Å²) < 4.78 is 3.39. The molecule has 0 N–H and O–H groups in total. The summed E-state index contributed by atoms with van der Waals surface area (Å²) >= 11 is 0. The second kappa shape index (κ2) is 7.30. The average molecular weight is 366 g/mol. The largest absolute Gasteiger partial charge is 0.342 e. The normalized spacial score (nSPS) is 15.4. The average Bonchev–Trinajstić information content (AvgIpc) is 3.23. The van der Waals surface area contributed by atoms with E-state index in [0.717, 1.165) is 23.9 Å². The Bertz CT molecular complexity index is 1000. The van der Waals surface area contributed by atoms with Gasteiger partial charge in [0.15, 0.2) is 0 Å². The number of benzene rings is 1. The van der Waals surface area contributed by atoms with Crippen LogP contribution in [0.1, 0.15) is 30.9 Å². The molecule has 0 aliphatic carbocycles. The van der Waals surface area contributed by atoms with Crippen molar-refractivity contribution >= 4 is 16.8 Å². The first kappa shape index (κ1) is 17.4. The highest BCUT2D eigenvalue weighted by Gasteiger charge is 2.24. The number of rotatable bonds is 4. The fourth-order valence-corrected chi connectivity index (χ4v) is 3.66. The zero-order valence-corrected chi connectivity index (χ0v) is 15.3. The molecule has 4 rings (SSSR count). The summed E-state index contributed by atoms with van der Waals surface area (Å²) in [4.78, 5) is 35.4. The molecule has 0 atom stereocenters. The summed E-state index contributed by atoms with van der Waals surface area (Å²) in [6.07, 6.45) is 6.84. The lowest BCUT2D eigenvalue weighted by Crippen LogP contribution is -2.39. The van der Waals surface area contributed by atoms with Gasteiger partial charge in [-0.2, -0.15) is 5.10 Å². The molecule has 27 heavy (non-hydrogen) atoms. The number of hydrogen-bond acceptors (Lipinski definition) is 5. The van der Waals surface area contributed by atoms with Crippen molar-refractivity contribution in [3.8, 4) is 0 Å². The minimum atomic E-state index is -0.0959. The first-order chi connectivity index (χ1) is 13.1. The first-order valence-corrected chi connectivity index (χ1v) is 9.20. The van der Waals surface area contributed by atoms with Crippen LogP contribution in [0.2, 0.25) is 0 Å². The summed E-state index contributed by atoms with van der Waals surface area (Å²) in [6.45, 7) is 3.68. The smallest absolute Gasteiger partial charge is 0.261 e. The van der Waals surface area contributed by atoms with Crippen LogP contribution in [0.25, 0.3) is 10.9 Å². The van der Waals surface area contributed by atoms with Crippen LogP contribution in [0.4, 0.5) is 0 Å². The third-order valence-corrected chi connectivity index (χ3v) is 5.25. The first-order valence-electron chi connectivity index (χ1n) is 9.20. The van der Waals surface area contributed by atoms with Gasteiger partial charge in [-0.25, -0.2) is 14.6 Å². The summed E-state index contributed by atoms with van der Waals surface area (Å²) in [6, 6.07) is 5.87. The molecule has 0 bridgehead atoms. The van der Waals surface area contributed by atoms with Gasteiger partial charge in [-0.1, -0.05) is 12.1 Å². The second-order valence-electron chi connectivity index (χ2n) is 6.95. The molecule has 1 aliphatic rings. The van der Waals surface area contributed by atoms with Gasteiger partial charge in [0.2, 0.25) is 5.91 Å². The highest BCUT2D eigenvalue weighted by molar-refractivity contribution is 5.80. The number of amides is 1. The predicted molar refractivity (Wildman–Crippen MR) is 100 cm³/mol. The molecular weight excluding hydrogens is 344 g/mol. The minimum Gasteiger partial charge on any atom is -0.342 e. The number of nitrogens with zero attached hydrogens (tertiary/aromatic N) is 6. The van der Waals surface area contributed by atoms with E-state index < -0.39 is 0 Å². The molecule has 1 aromatic carbocycles. The maximum Gasteiger partial charge on any atom is 0.261 e. The maximum atomic E-state index is 12.6. The van der Waals surface area contributed by atoms with Gasteiger partial charge < -0.3 is 4.90 Å². The van der Waals surface area contributed by atoms with E-state index in [4.69, 9.17) is 0 Å². The summed E-state index contributed by atoms with van der Waals surface area (Å²) in [5, 5.41) is 4.78. The number of carbonyl (C=O) groups excluding carboxylic acids is 1. The van der Waals surface area contributed by atoms with E-state index in [1.165, 1.54) is 10.9 Å². The van der Waals surface area contributed by atoms with Crippen molar-refractivity contribution in [2.45, 2.75) is 38.8 Å². The number of aryl methyl sites for hydroxylation is 2. The van der Waals surface area contributed by atoms with Crippen molar-refractivity contribution in [2.75, 3.05) is 13.1 Å². The molecule has 2 aromatic heterocycles. The Balaban J connectivity index is 1.38. The van der Waals surface area contributed by atoms with E-state index in [0.29, 0.717) is 37.5 Å². The van der Waals surface area contributed by atoms with Gasteiger partial charge in [-0.05, 0) is 31.4 Å². The van der Waals surface area contributed by atoms with E-state index in [1.807, 2.05) is 28.6 Å². The van der Waals surface area contributed by atoms with E-state index in [9.17, 15) is 9.59 Å². The zero-order valence-electron chi connectivity index (χ0n) is 15.3. The Labute approximate surface area is 156 Å². The molecule has 3 aromatic rings. The van der Waals surface area contributed by atoms with Crippen molar-refractivity contribution < 1.29 is 4.79 Å². The Kier molecular flexibility index (Phi) is 4.70. The van der Waals surface area contributed by atoms with E-state index >= 15 is 0 Å². The van der Waals surface area contributed by atoms with Crippen LogP contribution in [0, 0.1) is 6.92 Å². The van der Waals surface area contributed by atoms with Crippen LogP contribution in [0.15, 0.2) is 42.0 Å². The number of para-hydroxylation sites is 1. The van der Waals surface area contributed by atoms with Gasteiger partial charge in [0.05, 0.1) is 23.3 Å². The molecule has 3 heterocycles. The van der Waals surface area contributed by atoms with Crippen molar-refractivity contribution in [1.82, 2.24) is 29.2 Å². The van der Waals surface area contributed by atoms with Crippen LogP contribution >= 0.6 is 0 Å². The van der Waals surface area contributed by atoms with E-state index in [-0.39, 0.29) is 11.5 Å². The van der Waals surface area contributed by atoms with Crippen molar-refractivity contribution in [1.29, 1.82) is 0 Å². The van der Waals surface area contributed by atoms with E-state index in [1.54, 1.807) is 18.7 Å². The fraction of sp³-hybridized carbons (Fsp3) is 0.421. The number of fused-ring (bicyclic) bond motifs is 1. The van der Waals surface area contributed by atoms with Crippen LogP contribution in [0.3, 0.4) is 0 Å². The third kappa shape index (κ3) is 3.47. The predicted octanol–water partition coefficient (Wildman–Crippen LogP) is 1.55. The molecule has 0 spiro atoms. The third-order valence-electron chi connectivity index (χ3n) is 5.25. The zero-order chi connectivity index (χ0) is 18.8. The molecule has 1 amide bonds. The molecule has 8 heteroatoms. The molecule has 8 nitrogen and oxygen atoms in total. The Hall–Kier alpha value is -3.03. The quantitative estimate of drug-likeness (QED) is 0.699. The fourth-order valence-electron chi connectivity index (χ4n) is 3.66. The van der Waals surface area contributed by atoms with Gasteiger partial charge >= 0.3 is 0 Å². The Morgan fingerprint density at radius 3 is 2.78 bits per heavy atom. The molecule has 0 radical (unpaired) electrons. The summed E-state index contributed by atoms with van der Waals surface area (Å²) in [5.74, 6) is 0.0725. The maximum absolute atomic E-state index is 12.6. The number of hydrogen-bond donors (Lipinski definition) is 0. The van der Waals surface area contributed by atoms with Crippen LogP contribution in [0.5, 0.6) is 0 Å². The highest BCUT2D eigenvalue weighted by atomic mass is 16.2. The molecule has 0 unspecified atom stereocenters. The van der Waals surface area contributed by atoms with Crippen molar-refractivity contribution in [2.24, 2.45) is 0 Å². The molecule has 0 saturated carbocycles. The van der Waals surface area contributed by atoms with Crippen LogP contribution in [-0.4, -0.2) is 48.2 Å². The highest BCUT2D eigenvalue weighted by Crippen LogP contribution is 2.21. The lowest BCUT2D eigenvalue weighted by atomic mass is 10.1. The second-order valence-corrected chi connectivity index (χ2v) is 6.95. The Morgan fingerprint density at radius 1 is 1.22 bits per heavy atom. The molecule has 1 fully saturated rings. The van der Waals surface area contributed by atoms with Gasteiger partial charge in [0.25, 0.3) is 5.56 Å². The van der Waals surface area contributed by atoms with E-state index in [2.05, 4.69) is 15.1 Å². The molecular formula is C19H22N6O2. The SMILES string of the molecule is Cc1cccc2c(=O)n(CCC(=O)N3CCC(n4cncn4)CC3)cnc12. The standard InChI is InChI=1S/C19H22N6O2/c1-14-3-2-4-16-18(14)21-13-24(19(16)27)10-7-17(26)23-8-5-15(6-9-23)25-12-20-11-22-25/h2-4,11-13,15H,5-10H2,1H3. The van der Waals surface area contributed by atoms with Gasteiger partial charge in [-0.3, -0.25) is 14.2 Å². The number of piperidine rings is 1. The molecule has 140 valence electrons. The van der Waals surface area contributed by atoms with Crippen LogP contribution < -0.4 is 5.56 Å². The van der Waals surface area contributed by atoms with Crippen molar-refractivity contribution in [3.63, 3.8) is 0 Å². The number of carbonyl (C=O) groups is 1. The van der Waals surface area contributed by atoms with Gasteiger partial charge in [-0.15, -0.1) is 0 Å².